The van der Waals surface area contributed by atoms with E-state index in [1.807, 2.05) is 0 Å². The molecular formula is C10H18N2O2. The number of Topliss-reactive ketones (excluding diaryl/α,β-unsaturated/α-hetero) is 1. The minimum atomic E-state index is -0.228. The largest absolute Gasteiger partial charge is 0.333 e. The fourth-order valence-corrected chi connectivity index (χ4v) is 1.89. The lowest BCUT2D eigenvalue weighted by molar-refractivity contribution is -0.135. The Labute approximate surface area is 84.4 Å². The van der Waals surface area contributed by atoms with Gasteiger partial charge in [-0.15, -0.1) is 0 Å². The van der Waals surface area contributed by atoms with Gasteiger partial charge < -0.3 is 10.6 Å². The van der Waals surface area contributed by atoms with Crippen LogP contribution >= 0.6 is 0 Å². The number of rotatable bonds is 5. The zero-order chi connectivity index (χ0) is 10.6. The third-order valence-corrected chi connectivity index (χ3v) is 2.64. The summed E-state index contributed by atoms with van der Waals surface area (Å²) < 4.78 is 0. The number of amides is 1. The normalized spacial score (nSPS) is 18.7. The molecule has 0 aromatic carbocycles. The number of nitrogens with zero attached hydrogens (tertiary/aromatic N) is 1. The molecule has 0 aromatic rings. The summed E-state index contributed by atoms with van der Waals surface area (Å²) in [6.07, 6.45) is 2.98. The van der Waals surface area contributed by atoms with Gasteiger partial charge in [0.25, 0.3) is 0 Å². The number of carbonyl (C=O) groups excluding carboxylic acids is 2. The van der Waals surface area contributed by atoms with E-state index in [2.05, 4.69) is 0 Å². The molecule has 0 bridgehead atoms. The first kappa shape index (κ1) is 11.2. The predicted molar refractivity (Wildman–Crippen MR) is 53.7 cm³/mol. The van der Waals surface area contributed by atoms with Crippen LogP contribution < -0.4 is 5.73 Å². The van der Waals surface area contributed by atoms with Gasteiger partial charge in [-0.25, -0.2) is 0 Å². The second-order valence-electron chi connectivity index (χ2n) is 3.75. The van der Waals surface area contributed by atoms with Gasteiger partial charge in [-0.3, -0.25) is 9.59 Å². The van der Waals surface area contributed by atoms with Crippen LogP contribution in [-0.2, 0) is 9.59 Å². The van der Waals surface area contributed by atoms with Crippen molar-refractivity contribution >= 4 is 11.7 Å². The molecule has 2 N–H and O–H groups in total. The summed E-state index contributed by atoms with van der Waals surface area (Å²) in [7, 11) is 0. The van der Waals surface area contributed by atoms with E-state index >= 15 is 0 Å². The highest BCUT2D eigenvalue weighted by Crippen LogP contribution is 2.17. The van der Waals surface area contributed by atoms with Crippen molar-refractivity contribution in [3.05, 3.63) is 0 Å². The first-order valence-electron chi connectivity index (χ1n) is 5.17. The second kappa shape index (κ2) is 5.10. The third kappa shape index (κ3) is 2.54. The Hall–Kier alpha value is -0.900. The molecule has 0 unspecified atom stereocenters. The molecule has 14 heavy (non-hydrogen) atoms. The van der Waals surface area contributed by atoms with E-state index in [1.54, 1.807) is 11.8 Å². The molecule has 1 saturated heterocycles. The van der Waals surface area contributed by atoms with Crippen molar-refractivity contribution < 1.29 is 9.59 Å². The van der Waals surface area contributed by atoms with Crippen LogP contribution in [0.5, 0.6) is 0 Å². The number of nitrogens with two attached hydrogens (primary N) is 1. The Kier molecular flexibility index (Phi) is 4.07. The van der Waals surface area contributed by atoms with Crippen molar-refractivity contribution in [2.24, 2.45) is 5.73 Å². The minimum absolute atomic E-state index is 0.0775. The summed E-state index contributed by atoms with van der Waals surface area (Å²) in [5.74, 6) is 0.191. The van der Waals surface area contributed by atoms with Crippen molar-refractivity contribution in [3.63, 3.8) is 0 Å². The van der Waals surface area contributed by atoms with Gasteiger partial charge in [0.2, 0.25) is 5.91 Å². The Morgan fingerprint density at radius 2 is 2.36 bits per heavy atom. The average molecular weight is 198 g/mol. The van der Waals surface area contributed by atoms with Crippen LogP contribution in [0, 0.1) is 0 Å². The maximum Gasteiger partial charge on any atom is 0.223 e. The highest BCUT2D eigenvalue weighted by Gasteiger charge is 2.29. The van der Waals surface area contributed by atoms with Gasteiger partial charge in [0.1, 0.15) is 0 Å². The molecule has 0 spiro atoms. The summed E-state index contributed by atoms with van der Waals surface area (Å²) in [5.41, 5.74) is 5.40. The van der Waals surface area contributed by atoms with Gasteiger partial charge in [0.15, 0.2) is 5.78 Å². The lowest BCUT2D eigenvalue weighted by atomic mass is 10.1. The topological polar surface area (TPSA) is 63.4 Å². The molecule has 1 atom stereocenters. The quantitative estimate of drug-likeness (QED) is 0.691. The van der Waals surface area contributed by atoms with Gasteiger partial charge in [-0.2, -0.15) is 0 Å². The van der Waals surface area contributed by atoms with Gasteiger partial charge >= 0.3 is 0 Å². The monoisotopic (exact) mass is 198 g/mol. The molecule has 1 fully saturated rings. The zero-order valence-corrected chi connectivity index (χ0v) is 8.66. The highest BCUT2D eigenvalue weighted by atomic mass is 16.2. The Bertz CT molecular complexity index is 228. The maximum absolute atomic E-state index is 11.4. The van der Waals surface area contributed by atoms with Crippen LogP contribution in [0.1, 0.15) is 32.6 Å². The summed E-state index contributed by atoms with van der Waals surface area (Å²) in [6, 6.07) is -0.228. The first-order valence-corrected chi connectivity index (χ1v) is 5.17. The summed E-state index contributed by atoms with van der Waals surface area (Å²) in [4.78, 5) is 24.5. The smallest absolute Gasteiger partial charge is 0.223 e. The summed E-state index contributed by atoms with van der Waals surface area (Å²) >= 11 is 0. The Morgan fingerprint density at radius 3 is 2.79 bits per heavy atom. The molecule has 1 rings (SSSR count). The van der Waals surface area contributed by atoms with Crippen LogP contribution in [0.4, 0.5) is 0 Å². The van der Waals surface area contributed by atoms with Crippen molar-refractivity contribution in [1.29, 1.82) is 0 Å². The lowest BCUT2D eigenvalue weighted by Crippen LogP contribution is -2.41. The number of hydrogen-bond acceptors (Lipinski definition) is 3. The molecule has 1 heterocycles. The van der Waals surface area contributed by atoms with Gasteiger partial charge in [-0.1, -0.05) is 0 Å². The number of ketones is 1. The van der Waals surface area contributed by atoms with E-state index in [1.165, 1.54) is 0 Å². The van der Waals surface area contributed by atoms with Crippen molar-refractivity contribution in [1.82, 2.24) is 4.90 Å². The minimum Gasteiger partial charge on any atom is -0.333 e. The summed E-state index contributed by atoms with van der Waals surface area (Å²) in [6.45, 7) is 2.85. The molecule has 0 aliphatic carbocycles. The van der Waals surface area contributed by atoms with Crippen LogP contribution in [0.2, 0.25) is 0 Å². The molecule has 1 aliphatic rings. The number of likely N-dealkylation sites (tertiary alicyclic amines) is 1. The SMILES string of the molecule is CC(=O)[C@@H](CCCN)N1CCCC1=O. The molecule has 0 aromatic heterocycles. The molecule has 4 nitrogen and oxygen atoms in total. The van der Waals surface area contributed by atoms with Crippen LogP contribution in [0.15, 0.2) is 0 Å². The van der Waals surface area contributed by atoms with Crippen molar-refractivity contribution in [2.45, 2.75) is 38.6 Å². The molecular weight excluding hydrogens is 180 g/mol. The average Bonchev–Trinajstić information content (AvgIpc) is 2.52. The number of hydrogen-bond donors (Lipinski definition) is 1. The van der Waals surface area contributed by atoms with Crippen molar-refractivity contribution in [2.75, 3.05) is 13.1 Å². The van der Waals surface area contributed by atoms with Gasteiger partial charge in [0.05, 0.1) is 6.04 Å². The fraction of sp³-hybridized carbons (Fsp3) is 0.800. The van der Waals surface area contributed by atoms with Crippen LogP contribution in [0.3, 0.4) is 0 Å². The van der Waals surface area contributed by atoms with E-state index in [0.717, 1.165) is 19.4 Å². The molecule has 80 valence electrons. The van der Waals surface area contributed by atoms with E-state index in [0.29, 0.717) is 19.4 Å². The molecule has 1 amide bonds. The summed E-state index contributed by atoms with van der Waals surface area (Å²) in [5, 5.41) is 0. The van der Waals surface area contributed by atoms with Crippen LogP contribution in [-0.4, -0.2) is 35.7 Å². The fourth-order valence-electron chi connectivity index (χ4n) is 1.89. The highest BCUT2D eigenvalue weighted by molar-refractivity contribution is 5.88. The second-order valence-corrected chi connectivity index (χ2v) is 3.75. The van der Waals surface area contributed by atoms with Crippen molar-refractivity contribution in [3.8, 4) is 0 Å². The third-order valence-electron chi connectivity index (χ3n) is 2.64. The molecule has 0 saturated carbocycles. The zero-order valence-electron chi connectivity index (χ0n) is 8.66. The lowest BCUT2D eigenvalue weighted by Gasteiger charge is -2.25. The van der Waals surface area contributed by atoms with Gasteiger partial charge in [0, 0.05) is 13.0 Å². The van der Waals surface area contributed by atoms with E-state index < -0.39 is 0 Å². The number of carbonyl (C=O) groups is 2. The predicted octanol–water partition coefficient (Wildman–Crippen LogP) is 0.305. The van der Waals surface area contributed by atoms with E-state index in [9.17, 15) is 9.59 Å². The Balaban J connectivity index is 2.57. The Morgan fingerprint density at radius 1 is 1.64 bits per heavy atom. The molecule has 1 aliphatic heterocycles. The molecule has 4 heteroatoms. The molecule has 0 radical (unpaired) electrons. The standard InChI is InChI=1S/C10H18N2O2/c1-8(13)9(4-2-6-11)12-7-3-5-10(12)14/h9H,2-7,11H2,1H3/t9-/m1/s1. The van der Waals surface area contributed by atoms with E-state index in [4.69, 9.17) is 5.73 Å². The van der Waals surface area contributed by atoms with Gasteiger partial charge in [-0.05, 0) is 32.7 Å². The van der Waals surface area contributed by atoms with Crippen LogP contribution in [0.25, 0.3) is 0 Å². The first-order chi connectivity index (χ1) is 6.66. The maximum atomic E-state index is 11.4. The van der Waals surface area contributed by atoms with E-state index in [-0.39, 0.29) is 17.7 Å².